The maximum Gasteiger partial charge on any atom is 0.167 e. The van der Waals surface area contributed by atoms with Gasteiger partial charge in [0.1, 0.15) is 0 Å². The second-order valence-corrected chi connectivity index (χ2v) is 9.16. The Kier molecular flexibility index (Phi) is 16.4. The Morgan fingerprint density at radius 1 is 0.714 bits per heavy atom. The first-order valence-electron chi connectivity index (χ1n) is 12.8. The molecule has 1 heterocycles. The van der Waals surface area contributed by atoms with E-state index in [0.29, 0.717) is 6.04 Å². The minimum atomic E-state index is -1.17. The Balaban J connectivity index is 1.89. The summed E-state index contributed by atoms with van der Waals surface area (Å²) in [4.78, 5) is 2.37. The molecule has 2 atom stereocenters. The summed E-state index contributed by atoms with van der Waals surface area (Å²) in [5.41, 5.74) is 0. The lowest BCUT2D eigenvalue weighted by Crippen LogP contribution is -2.44. The van der Waals surface area contributed by atoms with Crippen molar-refractivity contribution in [2.75, 3.05) is 6.54 Å². The number of rotatable bonds is 19. The summed E-state index contributed by atoms with van der Waals surface area (Å²) in [6.07, 6.45) is 24.4. The average Bonchev–Trinajstić information content (AvgIpc) is 3.18. The van der Waals surface area contributed by atoms with E-state index in [9.17, 15) is 10.2 Å². The lowest BCUT2D eigenvalue weighted by molar-refractivity contribution is -0.0984. The van der Waals surface area contributed by atoms with Gasteiger partial charge in [0.05, 0.1) is 6.04 Å². The van der Waals surface area contributed by atoms with E-state index in [1.165, 1.54) is 103 Å². The molecule has 0 aromatic rings. The molecular formula is C25H51NO2. The minimum Gasteiger partial charge on any atom is -0.367 e. The Labute approximate surface area is 176 Å². The van der Waals surface area contributed by atoms with Crippen LogP contribution in [0.5, 0.6) is 0 Å². The molecule has 0 bridgehead atoms. The number of aliphatic hydroxyl groups is 2. The molecule has 28 heavy (non-hydrogen) atoms. The minimum absolute atomic E-state index is 0.0266. The van der Waals surface area contributed by atoms with Gasteiger partial charge in [0, 0.05) is 6.04 Å². The molecule has 2 N–H and O–H groups in total. The van der Waals surface area contributed by atoms with Crippen molar-refractivity contribution in [3.05, 3.63) is 0 Å². The molecule has 0 amide bonds. The highest BCUT2D eigenvalue weighted by Crippen LogP contribution is 2.26. The number of aliphatic hydroxyl groups excluding tert-OH is 1. The monoisotopic (exact) mass is 397 g/mol. The molecule has 0 aromatic carbocycles. The quantitative estimate of drug-likeness (QED) is 0.186. The predicted octanol–water partition coefficient (Wildman–Crippen LogP) is 6.80. The summed E-state index contributed by atoms with van der Waals surface area (Å²) in [6, 6.07) is 0.512. The summed E-state index contributed by atoms with van der Waals surface area (Å²) < 4.78 is 0. The van der Waals surface area contributed by atoms with E-state index in [1.54, 1.807) is 0 Å². The van der Waals surface area contributed by atoms with Crippen molar-refractivity contribution >= 4 is 0 Å². The van der Waals surface area contributed by atoms with Crippen LogP contribution in [0, 0.1) is 0 Å². The van der Waals surface area contributed by atoms with E-state index in [4.69, 9.17) is 0 Å². The SMILES string of the molecule is CCCCCCCCCCCCCCCCCC(CC)N1CCCC1C(O)O. The first kappa shape index (κ1) is 25.9. The van der Waals surface area contributed by atoms with Crippen LogP contribution < -0.4 is 0 Å². The second-order valence-electron chi connectivity index (χ2n) is 9.16. The van der Waals surface area contributed by atoms with Crippen molar-refractivity contribution in [3.63, 3.8) is 0 Å². The van der Waals surface area contributed by atoms with Gasteiger partial charge in [-0.25, -0.2) is 0 Å². The third kappa shape index (κ3) is 11.8. The van der Waals surface area contributed by atoms with Crippen LogP contribution in [0.1, 0.15) is 136 Å². The van der Waals surface area contributed by atoms with Crippen LogP contribution in [0.3, 0.4) is 0 Å². The normalized spacial score (nSPS) is 19.0. The maximum atomic E-state index is 9.58. The number of hydrogen-bond acceptors (Lipinski definition) is 3. The van der Waals surface area contributed by atoms with Crippen molar-refractivity contribution in [2.45, 2.75) is 154 Å². The third-order valence-electron chi connectivity index (χ3n) is 6.77. The van der Waals surface area contributed by atoms with Gasteiger partial charge in [0.25, 0.3) is 0 Å². The smallest absolute Gasteiger partial charge is 0.167 e. The Hall–Kier alpha value is -0.120. The zero-order valence-corrected chi connectivity index (χ0v) is 19.2. The highest BCUT2D eigenvalue weighted by atomic mass is 16.5. The fourth-order valence-electron chi connectivity index (χ4n) is 4.94. The Morgan fingerprint density at radius 2 is 1.18 bits per heavy atom. The molecule has 1 aliphatic heterocycles. The van der Waals surface area contributed by atoms with E-state index in [0.717, 1.165) is 25.8 Å². The van der Waals surface area contributed by atoms with Gasteiger partial charge in [-0.05, 0) is 32.2 Å². The zero-order chi connectivity index (χ0) is 20.5. The second kappa shape index (κ2) is 17.7. The first-order valence-corrected chi connectivity index (χ1v) is 12.8. The third-order valence-corrected chi connectivity index (χ3v) is 6.77. The summed E-state index contributed by atoms with van der Waals surface area (Å²) >= 11 is 0. The van der Waals surface area contributed by atoms with Gasteiger partial charge in [-0.1, -0.05) is 110 Å². The molecule has 1 fully saturated rings. The average molecular weight is 398 g/mol. The van der Waals surface area contributed by atoms with Crippen molar-refractivity contribution in [1.29, 1.82) is 0 Å². The van der Waals surface area contributed by atoms with Crippen molar-refractivity contribution in [2.24, 2.45) is 0 Å². The zero-order valence-electron chi connectivity index (χ0n) is 19.2. The predicted molar refractivity (Wildman–Crippen MR) is 122 cm³/mol. The van der Waals surface area contributed by atoms with Gasteiger partial charge in [0.2, 0.25) is 0 Å². The van der Waals surface area contributed by atoms with Crippen LogP contribution in [0.4, 0.5) is 0 Å². The Morgan fingerprint density at radius 3 is 1.61 bits per heavy atom. The van der Waals surface area contributed by atoms with E-state index >= 15 is 0 Å². The fraction of sp³-hybridized carbons (Fsp3) is 1.00. The molecule has 2 unspecified atom stereocenters. The maximum absolute atomic E-state index is 9.58. The van der Waals surface area contributed by atoms with E-state index in [2.05, 4.69) is 18.7 Å². The molecule has 0 spiro atoms. The summed E-state index contributed by atoms with van der Waals surface area (Å²) in [5.74, 6) is 0. The van der Waals surface area contributed by atoms with Crippen LogP contribution in [-0.2, 0) is 0 Å². The number of unbranched alkanes of at least 4 members (excludes halogenated alkanes) is 14. The van der Waals surface area contributed by atoms with Crippen molar-refractivity contribution in [1.82, 2.24) is 4.90 Å². The van der Waals surface area contributed by atoms with Gasteiger partial charge in [-0.3, -0.25) is 4.90 Å². The molecule has 3 nitrogen and oxygen atoms in total. The summed E-state index contributed by atoms with van der Waals surface area (Å²) in [7, 11) is 0. The van der Waals surface area contributed by atoms with E-state index < -0.39 is 6.29 Å². The largest absolute Gasteiger partial charge is 0.367 e. The van der Waals surface area contributed by atoms with E-state index in [-0.39, 0.29) is 6.04 Å². The lowest BCUT2D eigenvalue weighted by Gasteiger charge is -2.33. The van der Waals surface area contributed by atoms with Crippen LogP contribution in [0.2, 0.25) is 0 Å². The van der Waals surface area contributed by atoms with Gasteiger partial charge in [0.15, 0.2) is 6.29 Å². The molecule has 3 heteroatoms. The van der Waals surface area contributed by atoms with Gasteiger partial charge < -0.3 is 10.2 Å². The standard InChI is InChI=1S/C25H51NO2/c1-3-5-6-7-8-9-10-11-12-13-14-15-16-17-18-20-23(4-2)26-22-19-21-24(26)25(27)28/h23-25,27-28H,3-22H2,1-2H3. The van der Waals surface area contributed by atoms with Crippen LogP contribution in [0.25, 0.3) is 0 Å². The van der Waals surface area contributed by atoms with Gasteiger partial charge >= 0.3 is 0 Å². The van der Waals surface area contributed by atoms with Crippen LogP contribution in [0.15, 0.2) is 0 Å². The molecule has 1 saturated heterocycles. The Bertz CT molecular complexity index is 335. The molecule has 0 radical (unpaired) electrons. The van der Waals surface area contributed by atoms with Crippen molar-refractivity contribution < 1.29 is 10.2 Å². The number of nitrogens with zero attached hydrogens (tertiary/aromatic N) is 1. The van der Waals surface area contributed by atoms with E-state index in [1.807, 2.05) is 0 Å². The summed E-state index contributed by atoms with van der Waals surface area (Å²) in [6.45, 7) is 5.57. The molecule has 0 saturated carbocycles. The van der Waals surface area contributed by atoms with Crippen molar-refractivity contribution in [3.8, 4) is 0 Å². The molecule has 1 aliphatic rings. The topological polar surface area (TPSA) is 43.7 Å². The molecule has 168 valence electrons. The summed E-state index contributed by atoms with van der Waals surface area (Å²) in [5, 5.41) is 19.2. The number of hydrogen-bond donors (Lipinski definition) is 2. The molecule has 0 aromatic heterocycles. The van der Waals surface area contributed by atoms with Crippen LogP contribution in [-0.4, -0.2) is 40.0 Å². The molecular weight excluding hydrogens is 346 g/mol. The lowest BCUT2D eigenvalue weighted by atomic mass is 10.0. The van der Waals surface area contributed by atoms with Crippen LogP contribution >= 0.6 is 0 Å². The number of likely N-dealkylation sites (tertiary alicyclic amines) is 1. The highest BCUT2D eigenvalue weighted by Gasteiger charge is 2.33. The molecule has 1 rings (SSSR count). The highest BCUT2D eigenvalue weighted by molar-refractivity contribution is 4.85. The van der Waals surface area contributed by atoms with Gasteiger partial charge in [-0.15, -0.1) is 0 Å². The molecule has 0 aliphatic carbocycles. The van der Waals surface area contributed by atoms with Gasteiger partial charge in [-0.2, -0.15) is 0 Å². The fourth-order valence-corrected chi connectivity index (χ4v) is 4.94. The first-order chi connectivity index (χ1) is 13.7.